The van der Waals surface area contributed by atoms with E-state index >= 15 is 0 Å². The fraction of sp³-hybridized carbons (Fsp3) is 0.111. The molecular formula is C18H13Cl2N3O2. The number of aromatic amines is 1. The maximum absolute atomic E-state index is 12.3. The summed E-state index contributed by atoms with van der Waals surface area (Å²) >= 11 is 12.3. The summed E-state index contributed by atoms with van der Waals surface area (Å²) < 4.78 is 5.28. The van der Waals surface area contributed by atoms with Gasteiger partial charge in [0.25, 0.3) is 5.91 Å². The first-order valence-corrected chi connectivity index (χ1v) is 8.32. The van der Waals surface area contributed by atoms with Gasteiger partial charge in [0.2, 0.25) is 0 Å². The van der Waals surface area contributed by atoms with Crippen molar-refractivity contribution in [3.05, 3.63) is 69.3 Å². The second-order valence-electron chi connectivity index (χ2n) is 5.67. The largest absolute Gasteiger partial charge is 0.497 e. The van der Waals surface area contributed by atoms with Crippen LogP contribution < -0.4 is 10.1 Å². The maximum atomic E-state index is 12.3. The molecule has 3 aromatic rings. The summed E-state index contributed by atoms with van der Waals surface area (Å²) in [5, 5.41) is 11.2. The Morgan fingerprint density at radius 1 is 1.16 bits per heavy atom. The number of rotatable bonds is 3. The first kappa shape index (κ1) is 16.0. The van der Waals surface area contributed by atoms with Crippen molar-refractivity contribution in [2.24, 2.45) is 0 Å². The van der Waals surface area contributed by atoms with E-state index in [0.717, 1.165) is 16.7 Å². The van der Waals surface area contributed by atoms with E-state index in [-0.39, 0.29) is 5.91 Å². The van der Waals surface area contributed by atoms with Crippen molar-refractivity contribution >= 4 is 29.1 Å². The molecule has 5 nitrogen and oxygen atoms in total. The number of hydrogen-bond donors (Lipinski definition) is 2. The van der Waals surface area contributed by atoms with Crippen LogP contribution in [0.15, 0.2) is 42.5 Å². The van der Waals surface area contributed by atoms with Crippen LogP contribution in [0.5, 0.6) is 5.75 Å². The minimum absolute atomic E-state index is 0.215. The second kappa shape index (κ2) is 6.10. The molecule has 0 bridgehead atoms. The average molecular weight is 374 g/mol. The number of halogens is 2. The molecule has 1 atom stereocenters. The van der Waals surface area contributed by atoms with E-state index in [0.29, 0.717) is 27.2 Å². The Morgan fingerprint density at radius 2 is 2.00 bits per heavy atom. The fourth-order valence-corrected chi connectivity index (χ4v) is 3.56. The Labute approximate surface area is 153 Å². The van der Waals surface area contributed by atoms with Crippen molar-refractivity contribution in [1.82, 2.24) is 15.5 Å². The number of H-pyrrole nitrogens is 1. The Morgan fingerprint density at radius 3 is 2.76 bits per heavy atom. The number of amides is 1. The molecule has 0 saturated carbocycles. The van der Waals surface area contributed by atoms with E-state index in [4.69, 9.17) is 27.9 Å². The molecule has 1 aliphatic heterocycles. The van der Waals surface area contributed by atoms with Gasteiger partial charge in [-0.15, -0.1) is 0 Å². The van der Waals surface area contributed by atoms with Gasteiger partial charge in [0.05, 0.1) is 18.8 Å². The van der Waals surface area contributed by atoms with E-state index in [1.807, 2.05) is 30.3 Å². The number of hydrogen-bond acceptors (Lipinski definition) is 3. The zero-order valence-corrected chi connectivity index (χ0v) is 14.7. The highest BCUT2D eigenvalue weighted by molar-refractivity contribution is 6.35. The summed E-state index contributed by atoms with van der Waals surface area (Å²) in [5.41, 5.74) is 3.51. The Bertz CT molecular complexity index is 984. The van der Waals surface area contributed by atoms with Gasteiger partial charge in [0, 0.05) is 21.2 Å². The minimum atomic E-state index is -0.396. The molecule has 1 aromatic heterocycles. The van der Waals surface area contributed by atoms with E-state index in [1.54, 1.807) is 19.2 Å². The molecule has 0 radical (unpaired) electrons. The lowest BCUT2D eigenvalue weighted by molar-refractivity contribution is 0.0955. The van der Waals surface area contributed by atoms with Crippen LogP contribution in [-0.2, 0) is 0 Å². The number of fused-ring (bicyclic) bond motifs is 1. The highest BCUT2D eigenvalue weighted by Crippen LogP contribution is 2.40. The monoisotopic (exact) mass is 373 g/mol. The maximum Gasteiger partial charge on any atom is 0.270 e. The molecule has 0 fully saturated rings. The molecule has 1 unspecified atom stereocenters. The molecule has 2 aromatic carbocycles. The van der Waals surface area contributed by atoms with Crippen LogP contribution in [0.4, 0.5) is 0 Å². The quantitative estimate of drug-likeness (QED) is 0.721. The molecular weight excluding hydrogens is 361 g/mol. The predicted molar refractivity (Wildman–Crippen MR) is 96.3 cm³/mol. The van der Waals surface area contributed by atoms with Crippen LogP contribution in [-0.4, -0.2) is 23.2 Å². The number of nitrogens with one attached hydrogen (secondary N) is 2. The summed E-state index contributed by atoms with van der Waals surface area (Å²) in [6, 6.07) is 12.4. The van der Waals surface area contributed by atoms with E-state index in [9.17, 15) is 4.79 Å². The first-order chi connectivity index (χ1) is 12.1. The van der Waals surface area contributed by atoms with Crippen molar-refractivity contribution in [3.63, 3.8) is 0 Å². The highest BCUT2D eigenvalue weighted by atomic mass is 35.5. The van der Waals surface area contributed by atoms with E-state index < -0.39 is 6.04 Å². The lowest BCUT2D eigenvalue weighted by atomic mass is 9.96. The topological polar surface area (TPSA) is 67.0 Å². The minimum Gasteiger partial charge on any atom is -0.497 e. The van der Waals surface area contributed by atoms with Crippen molar-refractivity contribution in [1.29, 1.82) is 0 Å². The second-order valence-corrected chi connectivity index (χ2v) is 6.51. The lowest BCUT2D eigenvalue weighted by Crippen LogP contribution is -2.21. The van der Waals surface area contributed by atoms with Crippen LogP contribution in [0.1, 0.15) is 27.7 Å². The lowest BCUT2D eigenvalue weighted by Gasteiger charge is -2.15. The summed E-state index contributed by atoms with van der Waals surface area (Å²) in [7, 11) is 1.61. The number of carbonyl (C=O) groups excluding carboxylic acids is 1. The number of carbonyl (C=O) groups is 1. The van der Waals surface area contributed by atoms with Crippen molar-refractivity contribution in [2.45, 2.75) is 6.04 Å². The SMILES string of the molecule is COc1cccc(-c2n[nH]c3c2C(c2ccc(Cl)cc2Cl)NC3=O)c1. The van der Waals surface area contributed by atoms with Gasteiger partial charge < -0.3 is 10.1 Å². The smallest absolute Gasteiger partial charge is 0.270 e. The number of methoxy groups -OCH3 is 1. The predicted octanol–water partition coefficient (Wildman–Crippen LogP) is 4.22. The third-order valence-corrected chi connectivity index (χ3v) is 4.77. The molecule has 126 valence electrons. The summed E-state index contributed by atoms with van der Waals surface area (Å²) in [6.07, 6.45) is 0. The molecule has 2 heterocycles. The molecule has 0 spiro atoms. The van der Waals surface area contributed by atoms with Crippen molar-refractivity contribution in [2.75, 3.05) is 7.11 Å². The van der Waals surface area contributed by atoms with Gasteiger partial charge in [-0.3, -0.25) is 9.89 Å². The summed E-state index contributed by atoms with van der Waals surface area (Å²) in [6.45, 7) is 0. The van der Waals surface area contributed by atoms with Crippen LogP contribution >= 0.6 is 23.2 Å². The van der Waals surface area contributed by atoms with Gasteiger partial charge in [-0.25, -0.2) is 0 Å². The Balaban J connectivity index is 1.87. The highest BCUT2D eigenvalue weighted by Gasteiger charge is 2.36. The van der Waals surface area contributed by atoms with Crippen molar-refractivity contribution in [3.8, 4) is 17.0 Å². The molecule has 1 aliphatic rings. The van der Waals surface area contributed by atoms with Crippen LogP contribution in [0, 0.1) is 0 Å². The van der Waals surface area contributed by atoms with Gasteiger partial charge in [0.1, 0.15) is 11.4 Å². The Kier molecular flexibility index (Phi) is 3.90. The number of ether oxygens (including phenoxy) is 1. The van der Waals surface area contributed by atoms with Gasteiger partial charge in [-0.1, -0.05) is 41.4 Å². The van der Waals surface area contributed by atoms with Crippen molar-refractivity contribution < 1.29 is 9.53 Å². The number of benzene rings is 2. The van der Waals surface area contributed by atoms with Crippen LogP contribution in [0.3, 0.4) is 0 Å². The van der Waals surface area contributed by atoms with Gasteiger partial charge >= 0.3 is 0 Å². The zero-order chi connectivity index (χ0) is 17.6. The number of nitrogens with zero attached hydrogens (tertiary/aromatic N) is 1. The molecule has 25 heavy (non-hydrogen) atoms. The number of aromatic nitrogens is 2. The molecule has 0 aliphatic carbocycles. The van der Waals surface area contributed by atoms with Gasteiger partial charge in [0.15, 0.2) is 0 Å². The van der Waals surface area contributed by atoms with Gasteiger partial charge in [-0.05, 0) is 29.8 Å². The van der Waals surface area contributed by atoms with Gasteiger partial charge in [-0.2, -0.15) is 5.10 Å². The molecule has 7 heteroatoms. The van der Waals surface area contributed by atoms with E-state index in [1.165, 1.54) is 0 Å². The van der Waals surface area contributed by atoms with Crippen LogP contribution in [0.25, 0.3) is 11.3 Å². The molecule has 2 N–H and O–H groups in total. The normalized spacial score (nSPS) is 15.8. The third kappa shape index (κ3) is 2.65. The fourth-order valence-electron chi connectivity index (χ4n) is 3.04. The standard InChI is InChI=1S/C18H13Cl2N3O2/c1-25-11-4-2-3-9(7-11)15-14-16(21-18(24)17(14)23-22-15)12-6-5-10(19)8-13(12)20/h2-8,16H,1H3,(H,21,24)(H,22,23). The van der Waals surface area contributed by atoms with E-state index in [2.05, 4.69) is 15.5 Å². The van der Waals surface area contributed by atoms with Crippen LogP contribution in [0.2, 0.25) is 10.0 Å². The summed E-state index contributed by atoms with van der Waals surface area (Å²) in [4.78, 5) is 12.3. The Hall–Kier alpha value is -2.50. The first-order valence-electron chi connectivity index (χ1n) is 7.57. The third-order valence-electron chi connectivity index (χ3n) is 4.21. The zero-order valence-electron chi connectivity index (χ0n) is 13.1. The average Bonchev–Trinajstić information content (AvgIpc) is 3.17. The summed E-state index contributed by atoms with van der Waals surface area (Å²) in [5.74, 6) is 0.500. The molecule has 4 rings (SSSR count). The molecule has 0 saturated heterocycles. The molecule has 1 amide bonds.